The van der Waals surface area contributed by atoms with Crippen molar-refractivity contribution in [3.63, 3.8) is 0 Å². The highest BCUT2D eigenvalue weighted by Gasteiger charge is 2.16. The molecule has 1 amide bonds. The Hall–Kier alpha value is -2.68. The number of aryl methyl sites for hydroxylation is 1. The van der Waals surface area contributed by atoms with Gasteiger partial charge in [0.25, 0.3) is 0 Å². The average molecular weight is 392 g/mol. The molecule has 1 N–H and O–H groups in total. The molecule has 0 atom stereocenters. The number of anilines is 1. The van der Waals surface area contributed by atoms with E-state index in [4.69, 9.17) is 4.42 Å². The highest BCUT2D eigenvalue weighted by molar-refractivity contribution is 7.15. The topological polar surface area (TPSA) is 80.9 Å². The highest BCUT2D eigenvalue weighted by Crippen LogP contribution is 2.27. The maximum Gasteiger partial charge on any atom is 0.226 e. The predicted octanol–water partition coefficient (Wildman–Crippen LogP) is 4.24. The van der Waals surface area contributed by atoms with E-state index in [0.29, 0.717) is 11.0 Å². The van der Waals surface area contributed by atoms with Gasteiger partial charge in [-0.2, -0.15) is 0 Å². The number of hydrogen-bond donors (Lipinski definition) is 1. The van der Waals surface area contributed by atoms with Crippen LogP contribution in [0.3, 0.4) is 0 Å². The van der Waals surface area contributed by atoms with Gasteiger partial charge in [-0.15, -0.1) is 10.2 Å². The summed E-state index contributed by atoms with van der Waals surface area (Å²) in [7, 11) is 0. The van der Waals surface area contributed by atoms with Crippen LogP contribution in [-0.2, 0) is 17.6 Å². The van der Waals surface area contributed by atoms with Crippen LogP contribution in [0.25, 0.3) is 11.3 Å². The smallest absolute Gasteiger partial charge is 0.226 e. The quantitative estimate of drug-likeness (QED) is 0.650. The van der Waals surface area contributed by atoms with Gasteiger partial charge in [0.2, 0.25) is 11.0 Å². The van der Waals surface area contributed by atoms with Gasteiger partial charge in [0, 0.05) is 19.3 Å². The molecule has 0 spiro atoms. The number of carbonyl (C=O) groups is 1. The zero-order valence-electron chi connectivity index (χ0n) is 14.8. The minimum atomic E-state index is -0.732. The molecule has 0 bridgehead atoms. The fourth-order valence-electron chi connectivity index (χ4n) is 2.41. The number of nitrogens with zero attached hydrogens (tertiary/aromatic N) is 3. The highest BCUT2D eigenvalue weighted by atomic mass is 32.1. The van der Waals surface area contributed by atoms with Crippen LogP contribution < -0.4 is 5.32 Å². The van der Waals surface area contributed by atoms with Gasteiger partial charge in [-0.05, 0) is 18.1 Å². The van der Waals surface area contributed by atoms with Gasteiger partial charge >= 0.3 is 0 Å². The first kappa shape index (κ1) is 19.1. The van der Waals surface area contributed by atoms with Crippen molar-refractivity contribution in [3.8, 4) is 11.3 Å². The summed E-state index contributed by atoms with van der Waals surface area (Å²) in [5.74, 6) is -1.06. The molecular weight excluding hydrogens is 374 g/mol. The summed E-state index contributed by atoms with van der Waals surface area (Å²) in [5, 5.41) is 12.0. The third-order valence-corrected chi connectivity index (χ3v) is 4.49. The van der Waals surface area contributed by atoms with E-state index in [1.807, 2.05) is 0 Å². The minimum Gasteiger partial charge on any atom is -0.441 e. The summed E-state index contributed by atoms with van der Waals surface area (Å²) in [5.41, 5.74) is -0.271. The molecule has 2 heterocycles. The van der Waals surface area contributed by atoms with Gasteiger partial charge in [-0.3, -0.25) is 4.79 Å². The molecule has 3 aromatic rings. The summed E-state index contributed by atoms with van der Waals surface area (Å²) in [6.45, 7) is 4.16. The average Bonchev–Trinajstić information content (AvgIpc) is 3.22. The lowest BCUT2D eigenvalue weighted by Crippen LogP contribution is -2.12. The molecule has 0 aliphatic carbocycles. The van der Waals surface area contributed by atoms with Crippen molar-refractivity contribution < 1.29 is 18.0 Å². The first-order valence-corrected chi connectivity index (χ1v) is 9.25. The zero-order valence-corrected chi connectivity index (χ0v) is 15.6. The Bertz CT molecular complexity index is 919. The van der Waals surface area contributed by atoms with E-state index in [2.05, 4.69) is 34.3 Å². The van der Waals surface area contributed by atoms with Crippen LogP contribution in [-0.4, -0.2) is 21.1 Å². The standard InChI is InChI=1S/C18H18F2N4O2S/c1-10(2)8-16-23-24-18(27-16)22-14(25)6-7-15-21-9-13(26-15)17-11(19)4-3-5-12(17)20/h3-5,9-10H,6-8H2,1-2H3,(H,22,24,25). The second-order valence-corrected chi connectivity index (χ2v) is 7.42. The molecule has 142 valence electrons. The summed E-state index contributed by atoms with van der Waals surface area (Å²) in [6, 6.07) is 3.56. The molecule has 1 aromatic carbocycles. The van der Waals surface area contributed by atoms with Gasteiger partial charge in [0.15, 0.2) is 11.7 Å². The Morgan fingerprint density at radius 1 is 1.26 bits per heavy atom. The van der Waals surface area contributed by atoms with Gasteiger partial charge in [0.1, 0.15) is 16.6 Å². The molecule has 3 rings (SSSR count). The van der Waals surface area contributed by atoms with Crippen LogP contribution in [0.5, 0.6) is 0 Å². The van der Waals surface area contributed by atoms with Crippen molar-refractivity contribution in [3.05, 3.63) is 46.9 Å². The van der Waals surface area contributed by atoms with E-state index in [0.717, 1.165) is 23.6 Å². The third kappa shape index (κ3) is 4.94. The molecule has 0 saturated carbocycles. The SMILES string of the molecule is CC(C)Cc1nnc(NC(=O)CCc2ncc(-c3c(F)cccc3F)o2)s1. The maximum atomic E-state index is 13.8. The molecule has 0 saturated heterocycles. The molecule has 9 heteroatoms. The van der Waals surface area contributed by atoms with E-state index in [-0.39, 0.29) is 36.0 Å². The Morgan fingerprint density at radius 3 is 2.70 bits per heavy atom. The maximum absolute atomic E-state index is 13.8. The Labute approximate surface area is 158 Å². The lowest BCUT2D eigenvalue weighted by atomic mass is 10.1. The largest absolute Gasteiger partial charge is 0.441 e. The number of aromatic nitrogens is 3. The van der Waals surface area contributed by atoms with E-state index in [9.17, 15) is 13.6 Å². The third-order valence-electron chi connectivity index (χ3n) is 3.62. The van der Waals surface area contributed by atoms with Crippen molar-refractivity contribution >= 4 is 22.4 Å². The number of benzene rings is 1. The second kappa shape index (κ2) is 8.34. The minimum absolute atomic E-state index is 0.0107. The summed E-state index contributed by atoms with van der Waals surface area (Å²) in [6.07, 6.45) is 2.34. The Balaban J connectivity index is 1.57. The van der Waals surface area contributed by atoms with Crippen molar-refractivity contribution in [2.75, 3.05) is 5.32 Å². The molecule has 0 unspecified atom stereocenters. The van der Waals surface area contributed by atoms with Crippen LogP contribution >= 0.6 is 11.3 Å². The fourth-order valence-corrected chi connectivity index (χ4v) is 3.38. The van der Waals surface area contributed by atoms with Gasteiger partial charge < -0.3 is 9.73 Å². The zero-order chi connectivity index (χ0) is 19.4. The molecule has 0 fully saturated rings. The van der Waals surface area contributed by atoms with E-state index < -0.39 is 11.6 Å². The molecular formula is C18H18F2N4O2S. The summed E-state index contributed by atoms with van der Waals surface area (Å²) < 4.78 is 32.9. The van der Waals surface area contributed by atoms with E-state index in [1.54, 1.807) is 0 Å². The van der Waals surface area contributed by atoms with Crippen molar-refractivity contribution in [1.29, 1.82) is 0 Å². The first-order valence-electron chi connectivity index (χ1n) is 8.43. The van der Waals surface area contributed by atoms with E-state index in [1.165, 1.54) is 23.6 Å². The van der Waals surface area contributed by atoms with Crippen LogP contribution in [0.2, 0.25) is 0 Å². The second-order valence-electron chi connectivity index (χ2n) is 6.36. The van der Waals surface area contributed by atoms with Gasteiger partial charge in [-0.1, -0.05) is 31.3 Å². The number of halogens is 2. The van der Waals surface area contributed by atoms with Crippen LogP contribution in [0, 0.1) is 17.6 Å². The number of amides is 1. The van der Waals surface area contributed by atoms with Crippen molar-refractivity contribution in [2.45, 2.75) is 33.1 Å². The summed E-state index contributed by atoms with van der Waals surface area (Å²) >= 11 is 1.34. The number of carbonyl (C=O) groups excluding carboxylic acids is 1. The normalized spacial score (nSPS) is 11.1. The lowest BCUT2D eigenvalue weighted by molar-refractivity contribution is -0.116. The first-order chi connectivity index (χ1) is 12.9. The number of hydrogen-bond acceptors (Lipinski definition) is 6. The molecule has 0 radical (unpaired) electrons. The Kier molecular flexibility index (Phi) is 5.90. The monoisotopic (exact) mass is 392 g/mol. The molecule has 2 aromatic heterocycles. The number of oxazole rings is 1. The van der Waals surface area contributed by atoms with Crippen molar-refractivity contribution in [2.24, 2.45) is 5.92 Å². The number of nitrogens with one attached hydrogen (secondary N) is 1. The van der Waals surface area contributed by atoms with Crippen LogP contribution in [0.15, 0.2) is 28.8 Å². The fraction of sp³-hybridized carbons (Fsp3) is 0.333. The molecule has 0 aliphatic heterocycles. The molecule has 0 aliphatic rings. The summed E-state index contributed by atoms with van der Waals surface area (Å²) in [4.78, 5) is 16.0. The lowest BCUT2D eigenvalue weighted by Gasteiger charge is -2.01. The van der Waals surface area contributed by atoms with E-state index >= 15 is 0 Å². The van der Waals surface area contributed by atoms with Crippen molar-refractivity contribution in [1.82, 2.24) is 15.2 Å². The predicted molar refractivity (Wildman–Crippen MR) is 97.3 cm³/mol. The Morgan fingerprint density at radius 2 is 2.00 bits per heavy atom. The number of rotatable bonds is 7. The van der Waals surface area contributed by atoms with Gasteiger partial charge in [0.05, 0.1) is 11.8 Å². The molecule has 6 nitrogen and oxygen atoms in total. The van der Waals surface area contributed by atoms with Crippen LogP contribution in [0.1, 0.15) is 31.2 Å². The molecule has 27 heavy (non-hydrogen) atoms. The van der Waals surface area contributed by atoms with Crippen LogP contribution in [0.4, 0.5) is 13.9 Å². The van der Waals surface area contributed by atoms with Gasteiger partial charge in [-0.25, -0.2) is 13.8 Å².